The Labute approximate surface area is 88.2 Å². The van der Waals surface area contributed by atoms with Crippen molar-refractivity contribution >= 4 is 64.3 Å². The van der Waals surface area contributed by atoms with Gasteiger partial charge in [-0.15, -0.1) is 0 Å². The number of hydrogen-bond acceptors (Lipinski definition) is 2. The molecular weight excluding hydrogens is 252 g/mol. The van der Waals surface area contributed by atoms with E-state index in [1.165, 1.54) is 11.4 Å². The van der Waals surface area contributed by atoms with Crippen molar-refractivity contribution in [1.29, 1.82) is 0 Å². The molecule has 0 aromatic rings. The van der Waals surface area contributed by atoms with Crippen LogP contribution in [-0.2, 0) is 4.79 Å². The highest BCUT2D eigenvalue weighted by Crippen LogP contribution is 2.57. The van der Waals surface area contributed by atoms with Gasteiger partial charge in [0, 0.05) is 7.05 Å². The molecule has 0 N–H and O–H groups in total. The summed E-state index contributed by atoms with van der Waals surface area (Å²) in [4.78, 5) is 11.1. The summed E-state index contributed by atoms with van der Waals surface area (Å²) in [6.07, 6.45) is 0. The summed E-state index contributed by atoms with van der Waals surface area (Å²) in [6, 6.07) is 0. The Kier molecular flexibility index (Phi) is 2.51. The summed E-state index contributed by atoms with van der Waals surface area (Å²) in [5.74, 6) is -0.504. The third-order valence-electron chi connectivity index (χ3n) is 1.17. The zero-order valence-electron chi connectivity index (χ0n) is 5.28. The standard InChI is InChI=1S/C4H3Cl4NOS/c1-9-2(10)3(5,6)4(7,8)11-9/h1H3. The molecule has 64 valence electrons. The first kappa shape index (κ1) is 10.1. The zero-order valence-corrected chi connectivity index (χ0v) is 9.12. The maximum atomic E-state index is 11.1. The molecule has 1 aliphatic heterocycles. The van der Waals surface area contributed by atoms with Crippen molar-refractivity contribution in [3.05, 3.63) is 0 Å². The molecule has 0 spiro atoms. The maximum Gasteiger partial charge on any atom is 0.272 e. The van der Waals surface area contributed by atoms with Crippen molar-refractivity contribution in [2.75, 3.05) is 7.05 Å². The number of rotatable bonds is 0. The number of nitrogens with zero attached hydrogens (tertiary/aromatic N) is 1. The zero-order chi connectivity index (χ0) is 8.86. The Morgan fingerprint density at radius 3 is 1.91 bits per heavy atom. The van der Waals surface area contributed by atoms with Crippen LogP contribution < -0.4 is 0 Å². The largest absolute Gasteiger partial charge is 0.284 e. The van der Waals surface area contributed by atoms with Crippen LogP contribution in [0.1, 0.15) is 0 Å². The van der Waals surface area contributed by atoms with Crippen molar-refractivity contribution in [1.82, 2.24) is 4.31 Å². The minimum atomic E-state index is -1.75. The lowest BCUT2D eigenvalue weighted by Gasteiger charge is -2.18. The van der Waals surface area contributed by atoms with Gasteiger partial charge in [0.1, 0.15) is 0 Å². The SMILES string of the molecule is CN1SC(Cl)(Cl)C(Cl)(Cl)C1=O. The van der Waals surface area contributed by atoms with Gasteiger partial charge >= 0.3 is 0 Å². The summed E-state index contributed by atoms with van der Waals surface area (Å²) in [7, 11) is 1.50. The third kappa shape index (κ3) is 1.42. The van der Waals surface area contributed by atoms with Crippen molar-refractivity contribution in [3.63, 3.8) is 0 Å². The quantitative estimate of drug-likeness (QED) is 0.489. The van der Waals surface area contributed by atoms with Gasteiger partial charge in [0.2, 0.25) is 8.00 Å². The van der Waals surface area contributed by atoms with E-state index in [0.29, 0.717) is 0 Å². The molecule has 1 fully saturated rings. The molecule has 0 aromatic heterocycles. The van der Waals surface area contributed by atoms with Crippen LogP contribution in [0.3, 0.4) is 0 Å². The molecule has 1 saturated heterocycles. The average molecular weight is 255 g/mol. The van der Waals surface area contributed by atoms with Crippen molar-refractivity contribution < 1.29 is 4.79 Å². The van der Waals surface area contributed by atoms with E-state index < -0.39 is 13.9 Å². The number of amides is 1. The highest BCUT2D eigenvalue weighted by Gasteiger charge is 2.62. The van der Waals surface area contributed by atoms with Gasteiger partial charge in [0.25, 0.3) is 5.91 Å². The van der Waals surface area contributed by atoms with Crippen LogP contribution in [0.25, 0.3) is 0 Å². The molecule has 0 aliphatic carbocycles. The average Bonchev–Trinajstić information content (AvgIpc) is 1.93. The van der Waals surface area contributed by atoms with E-state index in [-0.39, 0.29) is 0 Å². The van der Waals surface area contributed by atoms with Crippen molar-refractivity contribution in [2.24, 2.45) is 0 Å². The number of alkyl halides is 4. The first-order chi connectivity index (χ1) is 4.79. The lowest BCUT2D eigenvalue weighted by Crippen LogP contribution is -2.36. The summed E-state index contributed by atoms with van der Waals surface area (Å²) in [5.41, 5.74) is 0. The lowest BCUT2D eigenvalue weighted by molar-refractivity contribution is -0.124. The second-order valence-corrected chi connectivity index (χ2v) is 6.43. The molecule has 0 unspecified atom stereocenters. The Morgan fingerprint density at radius 2 is 1.82 bits per heavy atom. The third-order valence-corrected chi connectivity index (χ3v) is 4.63. The van der Waals surface area contributed by atoms with Gasteiger partial charge in [0.05, 0.1) is 0 Å². The number of carbonyl (C=O) groups is 1. The molecule has 0 radical (unpaired) electrons. The van der Waals surface area contributed by atoms with E-state index >= 15 is 0 Å². The number of carbonyl (C=O) groups excluding carboxylic acids is 1. The Hall–Kier alpha value is 0.980. The molecule has 1 rings (SSSR count). The molecule has 2 nitrogen and oxygen atoms in total. The van der Waals surface area contributed by atoms with Crippen LogP contribution >= 0.6 is 58.4 Å². The molecule has 0 saturated carbocycles. The predicted molar refractivity (Wildman–Crippen MR) is 49.2 cm³/mol. The van der Waals surface area contributed by atoms with Gasteiger partial charge in [-0.25, -0.2) is 0 Å². The maximum absolute atomic E-state index is 11.1. The van der Waals surface area contributed by atoms with Crippen LogP contribution in [0.4, 0.5) is 0 Å². The minimum Gasteiger partial charge on any atom is -0.284 e. The van der Waals surface area contributed by atoms with Gasteiger partial charge in [-0.3, -0.25) is 9.10 Å². The minimum absolute atomic E-state index is 0.504. The molecule has 11 heavy (non-hydrogen) atoms. The van der Waals surface area contributed by atoms with Crippen LogP contribution in [0.15, 0.2) is 0 Å². The summed E-state index contributed by atoms with van der Waals surface area (Å²) >= 11 is 23.4. The molecule has 0 aromatic carbocycles. The summed E-state index contributed by atoms with van der Waals surface area (Å²) < 4.78 is -2.04. The normalized spacial score (nSPS) is 27.7. The highest BCUT2D eigenvalue weighted by atomic mass is 35.5. The van der Waals surface area contributed by atoms with E-state index in [0.717, 1.165) is 11.9 Å². The number of halogens is 4. The predicted octanol–water partition coefficient (Wildman–Crippen LogP) is 2.41. The molecule has 1 aliphatic rings. The highest BCUT2D eigenvalue weighted by molar-refractivity contribution is 8.02. The van der Waals surface area contributed by atoms with Crippen LogP contribution in [0.5, 0.6) is 0 Å². The fraction of sp³-hybridized carbons (Fsp3) is 0.750. The molecule has 0 atom stereocenters. The number of hydrogen-bond donors (Lipinski definition) is 0. The lowest BCUT2D eigenvalue weighted by atomic mass is 10.4. The first-order valence-electron chi connectivity index (χ1n) is 2.52. The fourth-order valence-electron chi connectivity index (χ4n) is 0.593. The van der Waals surface area contributed by atoms with E-state index in [1.54, 1.807) is 0 Å². The molecule has 1 heterocycles. The van der Waals surface area contributed by atoms with Gasteiger partial charge in [-0.2, -0.15) is 0 Å². The van der Waals surface area contributed by atoms with Crippen LogP contribution in [-0.4, -0.2) is 25.3 Å². The molecule has 0 bridgehead atoms. The molecule has 7 heteroatoms. The van der Waals surface area contributed by atoms with E-state index in [9.17, 15) is 4.79 Å². The smallest absolute Gasteiger partial charge is 0.272 e. The van der Waals surface area contributed by atoms with E-state index in [4.69, 9.17) is 46.4 Å². The topological polar surface area (TPSA) is 20.3 Å². The van der Waals surface area contributed by atoms with E-state index in [1.807, 2.05) is 0 Å². The van der Waals surface area contributed by atoms with Crippen molar-refractivity contribution in [3.8, 4) is 0 Å². The van der Waals surface area contributed by atoms with Crippen LogP contribution in [0, 0.1) is 0 Å². The first-order valence-corrected chi connectivity index (χ1v) is 4.80. The molecule has 1 amide bonds. The van der Waals surface area contributed by atoms with Gasteiger partial charge in [-0.1, -0.05) is 46.4 Å². The van der Waals surface area contributed by atoms with Gasteiger partial charge < -0.3 is 0 Å². The summed E-state index contributed by atoms with van der Waals surface area (Å²) in [6.45, 7) is 0. The monoisotopic (exact) mass is 253 g/mol. The second kappa shape index (κ2) is 2.74. The Bertz CT molecular complexity index is 206. The van der Waals surface area contributed by atoms with Gasteiger partial charge in [-0.05, 0) is 11.9 Å². The second-order valence-electron chi connectivity index (χ2n) is 1.99. The van der Waals surface area contributed by atoms with E-state index in [2.05, 4.69) is 0 Å². The van der Waals surface area contributed by atoms with Gasteiger partial charge in [0.15, 0.2) is 0 Å². The van der Waals surface area contributed by atoms with Crippen LogP contribution in [0.2, 0.25) is 0 Å². The van der Waals surface area contributed by atoms with Crippen molar-refractivity contribution in [2.45, 2.75) is 8.00 Å². The molecular formula is C4H3Cl4NOS. The summed E-state index contributed by atoms with van der Waals surface area (Å²) in [5, 5.41) is 0. The Balaban J connectivity index is 3.02. The Morgan fingerprint density at radius 1 is 1.36 bits per heavy atom. The fourth-order valence-corrected chi connectivity index (χ4v) is 2.70.